The Morgan fingerprint density at radius 2 is 1.97 bits per heavy atom. The standard InChI is InChI=1S/C26H22N6O4S/c1-16-6-5-7-17(12-16)31-25(20-14-27-21-9-4-3-8-19(20)21)29-30-26(31)37-15-24(33)28-22-11-10-18(32(34)35)13-23(22)36-2/h3-14,27H,15H2,1-2H3,(H,28,33). The highest BCUT2D eigenvalue weighted by Crippen LogP contribution is 2.33. The number of aryl methyl sites for hydroxylation is 1. The predicted molar refractivity (Wildman–Crippen MR) is 142 cm³/mol. The number of aromatic amines is 1. The smallest absolute Gasteiger partial charge is 0.273 e. The first-order valence-corrected chi connectivity index (χ1v) is 12.3. The molecule has 0 fully saturated rings. The van der Waals surface area contributed by atoms with Crippen molar-refractivity contribution < 1.29 is 14.5 Å². The molecule has 0 aliphatic heterocycles. The number of carbonyl (C=O) groups excluding carboxylic acids is 1. The van der Waals surface area contributed by atoms with E-state index < -0.39 is 4.92 Å². The first-order valence-electron chi connectivity index (χ1n) is 11.3. The normalized spacial score (nSPS) is 11.0. The lowest BCUT2D eigenvalue weighted by molar-refractivity contribution is -0.384. The molecule has 1 amide bonds. The Morgan fingerprint density at radius 1 is 1.14 bits per heavy atom. The van der Waals surface area contributed by atoms with Gasteiger partial charge in [-0.05, 0) is 36.8 Å². The Hall–Kier alpha value is -4.64. The van der Waals surface area contributed by atoms with Gasteiger partial charge in [0.1, 0.15) is 5.75 Å². The monoisotopic (exact) mass is 514 g/mol. The van der Waals surface area contributed by atoms with E-state index in [9.17, 15) is 14.9 Å². The maximum absolute atomic E-state index is 12.8. The summed E-state index contributed by atoms with van der Waals surface area (Å²) in [5.74, 6) is 0.586. The quantitative estimate of drug-likeness (QED) is 0.162. The molecule has 0 aliphatic carbocycles. The number of rotatable bonds is 8. The van der Waals surface area contributed by atoms with Gasteiger partial charge in [-0.25, -0.2) is 0 Å². The van der Waals surface area contributed by atoms with E-state index in [-0.39, 0.29) is 23.1 Å². The van der Waals surface area contributed by atoms with Gasteiger partial charge in [-0.3, -0.25) is 19.5 Å². The van der Waals surface area contributed by atoms with Gasteiger partial charge in [-0.15, -0.1) is 10.2 Å². The molecule has 0 aliphatic rings. The molecule has 5 aromatic rings. The third-order valence-electron chi connectivity index (χ3n) is 5.73. The van der Waals surface area contributed by atoms with Crippen LogP contribution in [0.5, 0.6) is 5.75 Å². The number of hydrogen-bond donors (Lipinski definition) is 2. The van der Waals surface area contributed by atoms with Crippen molar-refractivity contribution in [3.05, 3.63) is 88.6 Å². The molecule has 5 rings (SSSR count). The number of anilines is 1. The number of methoxy groups -OCH3 is 1. The van der Waals surface area contributed by atoms with E-state index in [1.54, 1.807) is 0 Å². The molecule has 0 radical (unpaired) electrons. The first-order chi connectivity index (χ1) is 17.9. The van der Waals surface area contributed by atoms with E-state index in [1.807, 2.05) is 66.2 Å². The molecule has 10 nitrogen and oxygen atoms in total. The number of benzene rings is 3. The zero-order chi connectivity index (χ0) is 25.9. The summed E-state index contributed by atoms with van der Waals surface area (Å²) in [4.78, 5) is 26.6. The lowest BCUT2D eigenvalue weighted by Gasteiger charge is -2.12. The van der Waals surface area contributed by atoms with Gasteiger partial charge in [-0.1, -0.05) is 42.1 Å². The molecule has 2 aromatic heterocycles. The fourth-order valence-electron chi connectivity index (χ4n) is 4.01. The minimum atomic E-state index is -0.520. The summed E-state index contributed by atoms with van der Waals surface area (Å²) in [6.07, 6.45) is 1.91. The van der Waals surface area contributed by atoms with E-state index in [2.05, 4.69) is 20.5 Å². The maximum Gasteiger partial charge on any atom is 0.273 e. The van der Waals surface area contributed by atoms with E-state index in [1.165, 1.54) is 37.1 Å². The molecule has 0 atom stereocenters. The number of carbonyl (C=O) groups is 1. The van der Waals surface area contributed by atoms with Gasteiger partial charge >= 0.3 is 0 Å². The summed E-state index contributed by atoms with van der Waals surface area (Å²) in [6, 6.07) is 20.0. The van der Waals surface area contributed by atoms with Crippen LogP contribution < -0.4 is 10.1 Å². The number of ether oxygens (including phenoxy) is 1. The minimum Gasteiger partial charge on any atom is -0.494 e. The second kappa shape index (κ2) is 10.2. The fraction of sp³-hybridized carbons (Fsp3) is 0.115. The predicted octanol–water partition coefficient (Wildman–Crippen LogP) is 5.37. The highest BCUT2D eigenvalue weighted by Gasteiger charge is 2.20. The third-order valence-corrected chi connectivity index (χ3v) is 6.65. The van der Waals surface area contributed by atoms with Crippen molar-refractivity contribution in [3.63, 3.8) is 0 Å². The van der Waals surface area contributed by atoms with Gasteiger partial charge in [-0.2, -0.15) is 0 Å². The van der Waals surface area contributed by atoms with Crippen molar-refractivity contribution >= 4 is 39.9 Å². The zero-order valence-corrected chi connectivity index (χ0v) is 20.8. The third kappa shape index (κ3) is 4.89. The SMILES string of the molecule is COc1cc([N+](=O)[O-])ccc1NC(=O)CSc1nnc(-c2c[nH]c3ccccc23)n1-c1cccc(C)c1. The molecular weight excluding hydrogens is 492 g/mol. The summed E-state index contributed by atoms with van der Waals surface area (Å²) < 4.78 is 7.15. The summed E-state index contributed by atoms with van der Waals surface area (Å²) in [6.45, 7) is 2.01. The number of thioether (sulfide) groups is 1. The summed E-state index contributed by atoms with van der Waals surface area (Å²) >= 11 is 1.24. The molecule has 0 bridgehead atoms. The van der Waals surface area contributed by atoms with Gasteiger partial charge in [0.25, 0.3) is 5.69 Å². The Morgan fingerprint density at radius 3 is 2.76 bits per heavy atom. The van der Waals surface area contributed by atoms with Crippen LogP contribution in [0.3, 0.4) is 0 Å². The average molecular weight is 515 g/mol. The van der Waals surface area contributed by atoms with Crippen molar-refractivity contribution in [1.29, 1.82) is 0 Å². The number of nitro groups is 1. The summed E-state index contributed by atoms with van der Waals surface area (Å²) in [7, 11) is 1.39. The molecule has 37 heavy (non-hydrogen) atoms. The molecule has 3 aromatic carbocycles. The molecule has 186 valence electrons. The van der Waals surface area contributed by atoms with Crippen LogP contribution in [0.1, 0.15) is 5.56 Å². The fourth-order valence-corrected chi connectivity index (χ4v) is 4.76. The Bertz CT molecular complexity index is 1630. The first kappa shape index (κ1) is 24.1. The number of H-pyrrole nitrogens is 1. The van der Waals surface area contributed by atoms with Crippen molar-refractivity contribution in [2.24, 2.45) is 0 Å². The van der Waals surface area contributed by atoms with Crippen molar-refractivity contribution in [2.45, 2.75) is 12.1 Å². The van der Waals surface area contributed by atoms with Gasteiger partial charge in [0.2, 0.25) is 5.91 Å². The van der Waals surface area contributed by atoms with Crippen molar-refractivity contribution in [3.8, 4) is 22.8 Å². The Labute approximate surface area is 215 Å². The Balaban J connectivity index is 1.44. The molecule has 0 spiro atoms. The number of para-hydroxylation sites is 1. The lowest BCUT2D eigenvalue weighted by Crippen LogP contribution is -2.15. The summed E-state index contributed by atoms with van der Waals surface area (Å²) in [5, 5.41) is 24.3. The van der Waals surface area contributed by atoms with E-state index in [0.717, 1.165) is 27.7 Å². The molecule has 2 N–H and O–H groups in total. The highest BCUT2D eigenvalue weighted by atomic mass is 32.2. The largest absolute Gasteiger partial charge is 0.494 e. The van der Waals surface area contributed by atoms with E-state index >= 15 is 0 Å². The van der Waals surface area contributed by atoms with Crippen LogP contribution in [0.4, 0.5) is 11.4 Å². The number of hydrogen-bond acceptors (Lipinski definition) is 7. The van der Waals surface area contributed by atoms with Crippen molar-refractivity contribution in [1.82, 2.24) is 19.7 Å². The summed E-state index contributed by atoms with van der Waals surface area (Å²) in [5.41, 5.74) is 4.07. The van der Waals surface area contributed by atoms with Crippen LogP contribution in [0.15, 0.2) is 78.1 Å². The van der Waals surface area contributed by atoms with Gasteiger partial charge in [0.15, 0.2) is 11.0 Å². The second-order valence-electron chi connectivity index (χ2n) is 8.21. The molecule has 11 heteroatoms. The highest BCUT2D eigenvalue weighted by molar-refractivity contribution is 7.99. The van der Waals surface area contributed by atoms with Gasteiger partial charge in [0, 0.05) is 34.4 Å². The van der Waals surface area contributed by atoms with Crippen LogP contribution in [0.25, 0.3) is 28.0 Å². The van der Waals surface area contributed by atoms with Crippen LogP contribution in [-0.4, -0.2) is 43.4 Å². The number of aromatic nitrogens is 4. The number of nitro benzene ring substituents is 1. The number of amides is 1. The second-order valence-corrected chi connectivity index (χ2v) is 9.15. The Kier molecular flexibility index (Phi) is 6.60. The molecule has 0 saturated carbocycles. The molecular formula is C26H22N6O4S. The number of nitrogens with one attached hydrogen (secondary N) is 2. The molecule has 2 heterocycles. The average Bonchev–Trinajstić information content (AvgIpc) is 3.51. The number of non-ortho nitro benzene ring substituents is 1. The maximum atomic E-state index is 12.8. The molecule has 0 saturated heterocycles. The van der Waals surface area contributed by atoms with Crippen LogP contribution >= 0.6 is 11.8 Å². The van der Waals surface area contributed by atoms with Gasteiger partial charge < -0.3 is 15.0 Å². The number of nitrogens with zero attached hydrogens (tertiary/aromatic N) is 4. The minimum absolute atomic E-state index is 0.0397. The van der Waals surface area contributed by atoms with Crippen molar-refractivity contribution in [2.75, 3.05) is 18.2 Å². The van der Waals surface area contributed by atoms with E-state index in [0.29, 0.717) is 16.7 Å². The van der Waals surface area contributed by atoms with Gasteiger partial charge in [0.05, 0.1) is 29.5 Å². The zero-order valence-electron chi connectivity index (χ0n) is 20.0. The van der Waals surface area contributed by atoms with Crippen LogP contribution in [-0.2, 0) is 4.79 Å². The lowest BCUT2D eigenvalue weighted by atomic mass is 10.1. The number of fused-ring (bicyclic) bond motifs is 1. The topological polar surface area (TPSA) is 128 Å². The molecule has 0 unspecified atom stereocenters. The van der Waals surface area contributed by atoms with Crippen LogP contribution in [0.2, 0.25) is 0 Å². The van der Waals surface area contributed by atoms with Crippen LogP contribution in [0, 0.1) is 17.0 Å². The van der Waals surface area contributed by atoms with E-state index in [4.69, 9.17) is 4.74 Å².